The van der Waals surface area contributed by atoms with Gasteiger partial charge in [-0.3, -0.25) is 14.6 Å². The number of hydrogen-bond acceptors (Lipinski definition) is 7. The van der Waals surface area contributed by atoms with E-state index < -0.39 is 0 Å². The van der Waals surface area contributed by atoms with Crippen LogP contribution < -0.4 is 20.7 Å². The lowest BCUT2D eigenvalue weighted by atomic mass is 9.85. The zero-order valence-electron chi connectivity index (χ0n) is 27.3. The third-order valence-electron chi connectivity index (χ3n) is 8.92. The minimum atomic E-state index is -0.372. The van der Waals surface area contributed by atoms with Crippen molar-refractivity contribution in [2.75, 3.05) is 18.9 Å². The van der Waals surface area contributed by atoms with Crippen molar-refractivity contribution in [3.05, 3.63) is 101 Å². The lowest BCUT2D eigenvalue weighted by Crippen LogP contribution is -2.41. The molecule has 1 saturated heterocycles. The predicted octanol–water partition coefficient (Wildman–Crippen LogP) is 7.08. The molecule has 2 amide bonds. The van der Waals surface area contributed by atoms with Gasteiger partial charge < -0.3 is 20.8 Å². The van der Waals surface area contributed by atoms with Crippen molar-refractivity contribution in [3.63, 3.8) is 0 Å². The molecule has 2 aromatic carbocycles. The number of carbonyl (C=O) groups excluding carboxylic acids is 1. The Bertz CT molecular complexity index is 1750. The number of amides is 2. The number of aryl methyl sites for hydroxylation is 1. The van der Waals surface area contributed by atoms with E-state index in [-0.39, 0.29) is 29.6 Å². The molecule has 0 saturated carbocycles. The molecule has 2 aromatic heterocycles. The number of fused-ring (bicyclic) bond motifs is 2. The Hall–Kier alpha value is -4.70. The Balaban J connectivity index is 1.17. The number of likely N-dealkylation sites (tertiary alicyclic amines) is 1. The average molecular weight is 621 g/mol. The standard InChI is InChI=1S/C36H44N8O2/c1-23-12-14-24(15-13-23)38-32(21-31(37)36(2,3)4)40-35(45)39-28-17-18-30(27-10-7-6-9-26(27)28)46-25-16-19-33-41-42-34(44(33)22-25)29-11-8-20-43(29)5/h6-7,9-10,12-16,19,21-22,28-30,37-38H,8,11,17-18,20H2,1-5H3,(H2,39,40,45)/b32-21+,37-31?/t28-,29+,30+/m0/s1. The smallest absolute Gasteiger partial charge is 0.320 e. The molecule has 10 heteroatoms. The molecule has 0 radical (unpaired) electrons. The van der Waals surface area contributed by atoms with Crippen LogP contribution in [0.15, 0.2) is 78.8 Å². The van der Waals surface area contributed by atoms with Gasteiger partial charge in [0.2, 0.25) is 0 Å². The van der Waals surface area contributed by atoms with Gasteiger partial charge in [0.25, 0.3) is 0 Å². The summed E-state index contributed by atoms with van der Waals surface area (Å²) in [5, 5.41) is 26.9. The summed E-state index contributed by atoms with van der Waals surface area (Å²) in [5.74, 6) is 2.15. The summed E-state index contributed by atoms with van der Waals surface area (Å²) >= 11 is 0. The van der Waals surface area contributed by atoms with Crippen molar-refractivity contribution >= 4 is 23.1 Å². The summed E-state index contributed by atoms with van der Waals surface area (Å²) in [7, 11) is 2.14. The van der Waals surface area contributed by atoms with Crippen LogP contribution in [-0.2, 0) is 0 Å². The number of ether oxygens (including phenoxy) is 1. The highest BCUT2D eigenvalue weighted by molar-refractivity contribution is 5.97. The molecule has 0 bridgehead atoms. The lowest BCUT2D eigenvalue weighted by Gasteiger charge is -2.32. The van der Waals surface area contributed by atoms with E-state index in [1.54, 1.807) is 6.08 Å². The molecule has 1 aliphatic heterocycles. The summed E-state index contributed by atoms with van der Waals surface area (Å²) in [6, 6.07) is 19.7. The highest BCUT2D eigenvalue weighted by Gasteiger charge is 2.31. The van der Waals surface area contributed by atoms with Crippen molar-refractivity contribution < 1.29 is 9.53 Å². The van der Waals surface area contributed by atoms with Gasteiger partial charge in [0.1, 0.15) is 17.7 Å². The first-order valence-corrected chi connectivity index (χ1v) is 16.1. The minimum Gasteiger partial charge on any atom is -0.484 e. The lowest BCUT2D eigenvalue weighted by molar-refractivity contribution is 0.171. The second-order valence-corrected chi connectivity index (χ2v) is 13.5. The summed E-state index contributed by atoms with van der Waals surface area (Å²) in [4.78, 5) is 15.7. The van der Waals surface area contributed by atoms with Crippen LogP contribution in [0.1, 0.15) is 87.2 Å². The van der Waals surface area contributed by atoms with Crippen molar-refractivity contribution in [3.8, 4) is 5.75 Å². The van der Waals surface area contributed by atoms with Crippen molar-refractivity contribution in [2.45, 2.75) is 71.6 Å². The zero-order valence-corrected chi connectivity index (χ0v) is 27.3. The van der Waals surface area contributed by atoms with E-state index in [4.69, 9.17) is 10.1 Å². The van der Waals surface area contributed by atoms with Crippen LogP contribution in [0.25, 0.3) is 5.65 Å². The normalized spacial score (nSPS) is 20.3. The van der Waals surface area contributed by atoms with E-state index in [1.165, 1.54) is 0 Å². The fraction of sp³-hybridized carbons (Fsp3) is 0.389. The highest BCUT2D eigenvalue weighted by atomic mass is 16.5. The van der Waals surface area contributed by atoms with Crippen molar-refractivity contribution in [1.82, 2.24) is 30.1 Å². The molecule has 2 aliphatic rings. The van der Waals surface area contributed by atoms with E-state index in [0.29, 0.717) is 18.0 Å². The fourth-order valence-corrected chi connectivity index (χ4v) is 6.18. The number of rotatable bonds is 8. The van der Waals surface area contributed by atoms with Crippen LogP contribution in [0.2, 0.25) is 0 Å². The minimum absolute atomic E-state index is 0.158. The maximum atomic E-state index is 13.4. The van der Waals surface area contributed by atoms with Crippen LogP contribution in [0.4, 0.5) is 10.5 Å². The zero-order chi connectivity index (χ0) is 32.4. The Morgan fingerprint density at radius 1 is 1.00 bits per heavy atom. The van der Waals surface area contributed by atoms with Gasteiger partial charge in [-0.15, -0.1) is 10.2 Å². The molecule has 1 aliphatic carbocycles. The number of carbonyl (C=O) groups is 1. The van der Waals surface area contributed by atoms with Gasteiger partial charge in [-0.1, -0.05) is 62.7 Å². The molecule has 4 N–H and O–H groups in total. The van der Waals surface area contributed by atoms with E-state index in [0.717, 1.165) is 65.4 Å². The highest BCUT2D eigenvalue weighted by Crippen LogP contribution is 2.39. The summed E-state index contributed by atoms with van der Waals surface area (Å²) in [6.45, 7) is 9.02. The van der Waals surface area contributed by atoms with E-state index in [1.807, 2.05) is 82.4 Å². The summed E-state index contributed by atoms with van der Waals surface area (Å²) in [5.41, 5.74) is 4.90. The first-order valence-electron chi connectivity index (χ1n) is 16.1. The van der Waals surface area contributed by atoms with E-state index >= 15 is 0 Å². The molecule has 240 valence electrons. The number of benzene rings is 2. The maximum Gasteiger partial charge on any atom is 0.320 e. The Labute approximate surface area is 270 Å². The number of urea groups is 1. The SMILES string of the molecule is Cc1ccc(N/C(=C\C(=N)C(C)(C)C)NC(=O)N[C@H]2CC[C@@H](Oc3ccc4nnc([C@H]5CCCN5C)n4c3)c3ccccc32)cc1. The number of allylic oxidation sites excluding steroid dienone is 1. The second kappa shape index (κ2) is 13.0. The fourth-order valence-electron chi connectivity index (χ4n) is 6.18. The molecule has 0 unspecified atom stereocenters. The van der Waals surface area contributed by atoms with Gasteiger partial charge in [0, 0.05) is 22.9 Å². The van der Waals surface area contributed by atoms with Gasteiger partial charge in [0.15, 0.2) is 11.5 Å². The van der Waals surface area contributed by atoms with E-state index in [2.05, 4.69) is 54.6 Å². The first-order chi connectivity index (χ1) is 22.0. The van der Waals surface area contributed by atoms with Gasteiger partial charge in [0.05, 0.1) is 18.3 Å². The molecule has 6 rings (SSSR count). The van der Waals surface area contributed by atoms with Crippen LogP contribution >= 0.6 is 0 Å². The number of anilines is 1. The topological polar surface area (TPSA) is 120 Å². The van der Waals surface area contributed by atoms with Gasteiger partial charge in [-0.05, 0) is 81.6 Å². The number of hydrogen-bond donors (Lipinski definition) is 4. The molecule has 1 fully saturated rings. The van der Waals surface area contributed by atoms with Gasteiger partial charge in [-0.25, -0.2) is 4.79 Å². The van der Waals surface area contributed by atoms with Crippen molar-refractivity contribution in [1.29, 1.82) is 5.41 Å². The monoisotopic (exact) mass is 620 g/mol. The molecule has 10 nitrogen and oxygen atoms in total. The quantitative estimate of drug-likeness (QED) is 0.156. The van der Waals surface area contributed by atoms with Crippen LogP contribution in [0, 0.1) is 17.7 Å². The molecule has 46 heavy (non-hydrogen) atoms. The summed E-state index contributed by atoms with van der Waals surface area (Å²) in [6.07, 6.45) is 7.19. The maximum absolute atomic E-state index is 13.4. The number of nitrogens with zero attached hydrogens (tertiary/aromatic N) is 4. The largest absolute Gasteiger partial charge is 0.484 e. The van der Waals surface area contributed by atoms with Gasteiger partial charge >= 0.3 is 6.03 Å². The second-order valence-electron chi connectivity index (χ2n) is 13.5. The molecule has 4 aromatic rings. The summed E-state index contributed by atoms with van der Waals surface area (Å²) < 4.78 is 8.67. The van der Waals surface area contributed by atoms with Crippen LogP contribution in [0.3, 0.4) is 0 Å². The first kappa shape index (κ1) is 31.3. The molecular formula is C36H44N8O2. The Morgan fingerprint density at radius 2 is 1.76 bits per heavy atom. The number of aromatic nitrogens is 3. The molecule has 3 heterocycles. The predicted molar refractivity (Wildman–Crippen MR) is 181 cm³/mol. The third-order valence-corrected chi connectivity index (χ3v) is 8.92. The molecule has 3 atom stereocenters. The van der Waals surface area contributed by atoms with E-state index in [9.17, 15) is 4.79 Å². The third kappa shape index (κ3) is 6.92. The Kier molecular flexibility index (Phi) is 8.82. The average Bonchev–Trinajstić information content (AvgIpc) is 3.64. The van der Waals surface area contributed by atoms with Crippen LogP contribution in [0.5, 0.6) is 5.75 Å². The molecule has 0 spiro atoms. The van der Waals surface area contributed by atoms with Gasteiger partial charge in [-0.2, -0.15) is 0 Å². The number of nitrogens with one attached hydrogen (secondary N) is 4. The molecular weight excluding hydrogens is 576 g/mol. The Morgan fingerprint density at radius 3 is 2.48 bits per heavy atom. The van der Waals surface area contributed by atoms with Crippen LogP contribution in [-0.4, -0.2) is 44.8 Å². The number of pyridine rings is 1. The van der Waals surface area contributed by atoms with Crippen molar-refractivity contribution in [2.24, 2.45) is 5.41 Å².